The highest BCUT2D eigenvalue weighted by atomic mass is 16.7. The molecule has 0 rings (SSSR count). The summed E-state index contributed by atoms with van der Waals surface area (Å²) in [5.74, 6) is 0.0351. The highest BCUT2D eigenvalue weighted by Gasteiger charge is 2.22. The van der Waals surface area contributed by atoms with Crippen LogP contribution in [0.2, 0.25) is 0 Å². The first kappa shape index (κ1) is 16.9. The topological polar surface area (TPSA) is 44.8 Å². The molecule has 0 aliphatic rings. The summed E-state index contributed by atoms with van der Waals surface area (Å²) in [6.07, 6.45) is 5.92. The number of hydrogen-bond donors (Lipinski definition) is 0. The molecule has 0 N–H and O–H groups in total. The highest BCUT2D eigenvalue weighted by molar-refractivity contribution is 5.81. The number of ether oxygens (including phenoxy) is 3. The molecule has 0 aromatic heterocycles. The Morgan fingerprint density at radius 3 is 2.50 bits per heavy atom. The van der Waals surface area contributed by atoms with Crippen molar-refractivity contribution in [3.8, 4) is 0 Å². The minimum atomic E-state index is -0.358. The zero-order chi connectivity index (χ0) is 14.0. The van der Waals surface area contributed by atoms with Crippen LogP contribution in [0.3, 0.4) is 0 Å². The van der Waals surface area contributed by atoms with Crippen LogP contribution >= 0.6 is 0 Å². The fourth-order valence-corrected chi connectivity index (χ4v) is 1.79. The molecule has 104 valence electrons. The predicted molar refractivity (Wildman–Crippen MR) is 71.0 cm³/mol. The first-order valence-electron chi connectivity index (χ1n) is 6.04. The van der Waals surface area contributed by atoms with Crippen molar-refractivity contribution >= 4 is 5.97 Å². The quantitative estimate of drug-likeness (QED) is 0.275. The molecular formula is C14H24O4. The lowest BCUT2D eigenvalue weighted by atomic mass is 9.90. The van der Waals surface area contributed by atoms with E-state index in [0.29, 0.717) is 5.92 Å². The minimum Gasteiger partial charge on any atom is -0.466 e. The van der Waals surface area contributed by atoms with E-state index in [2.05, 4.69) is 18.2 Å². The molecule has 0 heterocycles. The van der Waals surface area contributed by atoms with Crippen LogP contribution in [0.5, 0.6) is 0 Å². The second-order valence-corrected chi connectivity index (χ2v) is 4.28. The second-order valence-electron chi connectivity index (χ2n) is 4.28. The molecule has 0 amide bonds. The molecular weight excluding hydrogens is 232 g/mol. The van der Waals surface area contributed by atoms with Gasteiger partial charge in [0, 0.05) is 19.1 Å². The van der Waals surface area contributed by atoms with Gasteiger partial charge in [0.2, 0.25) is 0 Å². The van der Waals surface area contributed by atoms with Crippen LogP contribution in [0.1, 0.15) is 20.3 Å². The number of methoxy groups -OCH3 is 2. The molecule has 0 aromatic carbocycles. The van der Waals surface area contributed by atoms with Gasteiger partial charge in [-0.15, -0.1) is 6.58 Å². The zero-order valence-electron chi connectivity index (χ0n) is 11.7. The van der Waals surface area contributed by atoms with Crippen molar-refractivity contribution in [2.24, 2.45) is 11.8 Å². The van der Waals surface area contributed by atoms with Gasteiger partial charge >= 0.3 is 5.97 Å². The average molecular weight is 256 g/mol. The number of allylic oxidation sites excluding steroid dienone is 1. The Labute approximate surface area is 110 Å². The largest absolute Gasteiger partial charge is 0.466 e. The molecule has 0 aliphatic carbocycles. The van der Waals surface area contributed by atoms with E-state index in [1.54, 1.807) is 13.2 Å². The van der Waals surface area contributed by atoms with Crippen LogP contribution in [-0.2, 0) is 19.0 Å². The lowest BCUT2D eigenvalue weighted by molar-refractivity contribution is -0.134. The van der Waals surface area contributed by atoms with Crippen molar-refractivity contribution in [1.82, 2.24) is 0 Å². The smallest absolute Gasteiger partial charge is 0.330 e. The Bertz CT molecular complexity index is 273. The van der Waals surface area contributed by atoms with Crippen LogP contribution < -0.4 is 0 Å². The number of hydrogen-bond acceptors (Lipinski definition) is 4. The fraction of sp³-hybridized carbons (Fsp3) is 0.643. The average Bonchev–Trinajstić information content (AvgIpc) is 2.36. The van der Waals surface area contributed by atoms with Crippen LogP contribution in [-0.4, -0.2) is 33.1 Å². The van der Waals surface area contributed by atoms with E-state index in [9.17, 15) is 4.79 Å². The van der Waals surface area contributed by atoms with Gasteiger partial charge in [0.25, 0.3) is 0 Å². The number of carbonyl (C=O) groups is 1. The van der Waals surface area contributed by atoms with Crippen molar-refractivity contribution in [3.63, 3.8) is 0 Å². The molecule has 0 aliphatic heterocycles. The maximum absolute atomic E-state index is 11.1. The Kier molecular flexibility index (Phi) is 9.24. The predicted octanol–water partition coefficient (Wildman–Crippen LogP) is 2.55. The number of carbonyl (C=O) groups excluding carboxylic acids is 1. The van der Waals surface area contributed by atoms with E-state index >= 15 is 0 Å². The van der Waals surface area contributed by atoms with Gasteiger partial charge in [0.1, 0.15) is 6.79 Å². The molecule has 4 heteroatoms. The monoisotopic (exact) mass is 256 g/mol. The first-order chi connectivity index (χ1) is 8.56. The summed E-state index contributed by atoms with van der Waals surface area (Å²) in [5, 5.41) is 0. The van der Waals surface area contributed by atoms with E-state index in [0.717, 1.165) is 6.42 Å². The van der Waals surface area contributed by atoms with Gasteiger partial charge in [-0.1, -0.05) is 26.0 Å². The van der Waals surface area contributed by atoms with Crippen LogP contribution in [0.4, 0.5) is 0 Å². The molecule has 0 saturated carbocycles. The molecule has 0 aromatic rings. The molecule has 0 saturated heterocycles. The van der Waals surface area contributed by atoms with Gasteiger partial charge in [-0.2, -0.15) is 0 Å². The van der Waals surface area contributed by atoms with E-state index < -0.39 is 0 Å². The lowest BCUT2D eigenvalue weighted by Gasteiger charge is -2.27. The second kappa shape index (κ2) is 9.85. The van der Waals surface area contributed by atoms with Crippen molar-refractivity contribution in [2.75, 3.05) is 21.0 Å². The van der Waals surface area contributed by atoms with Crippen molar-refractivity contribution in [2.45, 2.75) is 26.4 Å². The van der Waals surface area contributed by atoms with Crippen LogP contribution in [0, 0.1) is 11.8 Å². The Balaban J connectivity index is 4.56. The first-order valence-corrected chi connectivity index (χ1v) is 6.04. The van der Waals surface area contributed by atoms with Gasteiger partial charge in [-0.25, -0.2) is 4.79 Å². The Morgan fingerprint density at radius 2 is 2.00 bits per heavy atom. The third-order valence-corrected chi connectivity index (χ3v) is 2.73. The fourth-order valence-electron chi connectivity index (χ4n) is 1.79. The van der Waals surface area contributed by atoms with Gasteiger partial charge < -0.3 is 14.2 Å². The number of esters is 1. The van der Waals surface area contributed by atoms with E-state index in [1.807, 2.05) is 13.0 Å². The number of rotatable bonds is 9. The van der Waals surface area contributed by atoms with Crippen molar-refractivity contribution in [1.29, 1.82) is 0 Å². The standard InChI is InChI=1S/C14H24O4/c1-6-7-11(2)14(18-10-16-4)12(3)8-9-13(15)17-5/h6,8-9,11-12,14H,1,7,10H2,2-5H3/b9-8-/t11-,12-,14-/m0/s1. The van der Waals surface area contributed by atoms with Crippen LogP contribution in [0.15, 0.2) is 24.8 Å². The maximum atomic E-state index is 11.1. The zero-order valence-corrected chi connectivity index (χ0v) is 11.7. The Hall–Kier alpha value is -1.13. The Morgan fingerprint density at radius 1 is 1.33 bits per heavy atom. The summed E-state index contributed by atoms with van der Waals surface area (Å²) in [6.45, 7) is 8.06. The molecule has 4 nitrogen and oxygen atoms in total. The molecule has 0 fully saturated rings. The molecule has 0 bridgehead atoms. The molecule has 18 heavy (non-hydrogen) atoms. The summed E-state index contributed by atoms with van der Waals surface area (Å²) >= 11 is 0. The minimum absolute atomic E-state index is 0.0242. The third kappa shape index (κ3) is 6.57. The van der Waals surface area contributed by atoms with Crippen molar-refractivity contribution in [3.05, 3.63) is 24.8 Å². The van der Waals surface area contributed by atoms with E-state index in [-0.39, 0.29) is 24.8 Å². The summed E-state index contributed by atoms with van der Waals surface area (Å²) in [7, 11) is 2.95. The SMILES string of the molecule is C=CC[C@H](C)[C@H](OCOC)[C@@H](C)/C=C\C(=O)OC. The van der Waals surface area contributed by atoms with Crippen LogP contribution in [0.25, 0.3) is 0 Å². The third-order valence-electron chi connectivity index (χ3n) is 2.73. The summed E-state index contributed by atoms with van der Waals surface area (Å²) < 4.78 is 15.2. The summed E-state index contributed by atoms with van der Waals surface area (Å²) in [6, 6.07) is 0. The van der Waals surface area contributed by atoms with Crippen molar-refractivity contribution < 1.29 is 19.0 Å². The van der Waals surface area contributed by atoms with Gasteiger partial charge in [-0.05, 0) is 12.3 Å². The molecule has 0 radical (unpaired) electrons. The van der Waals surface area contributed by atoms with E-state index in [4.69, 9.17) is 9.47 Å². The molecule has 0 unspecified atom stereocenters. The van der Waals surface area contributed by atoms with E-state index in [1.165, 1.54) is 13.2 Å². The van der Waals surface area contributed by atoms with Gasteiger partial charge in [0.15, 0.2) is 0 Å². The lowest BCUT2D eigenvalue weighted by Crippen LogP contribution is -2.29. The maximum Gasteiger partial charge on any atom is 0.330 e. The summed E-state index contributed by atoms with van der Waals surface area (Å²) in [5.41, 5.74) is 0. The molecule has 3 atom stereocenters. The highest BCUT2D eigenvalue weighted by Crippen LogP contribution is 2.21. The normalized spacial score (nSPS) is 16.2. The summed E-state index contributed by atoms with van der Waals surface area (Å²) in [4.78, 5) is 11.1. The van der Waals surface area contributed by atoms with Gasteiger partial charge in [-0.3, -0.25) is 0 Å². The van der Waals surface area contributed by atoms with Gasteiger partial charge in [0.05, 0.1) is 13.2 Å². The molecule has 0 spiro atoms.